The molecule has 2 heterocycles. The van der Waals surface area contributed by atoms with Crippen molar-refractivity contribution in [1.29, 1.82) is 0 Å². The normalized spacial score (nSPS) is 12.3. The second kappa shape index (κ2) is 9.54. The largest absolute Gasteiger partial charge is 0.493 e. The van der Waals surface area contributed by atoms with Gasteiger partial charge in [-0.05, 0) is 61.9 Å². The maximum absolute atomic E-state index is 12.5. The van der Waals surface area contributed by atoms with E-state index in [0.717, 1.165) is 35.6 Å². The van der Waals surface area contributed by atoms with Crippen LogP contribution in [0.3, 0.4) is 0 Å². The van der Waals surface area contributed by atoms with Crippen molar-refractivity contribution >= 4 is 11.6 Å². The van der Waals surface area contributed by atoms with Crippen LogP contribution < -0.4 is 10.1 Å². The second-order valence-electron chi connectivity index (χ2n) is 7.85. The summed E-state index contributed by atoms with van der Waals surface area (Å²) in [4.78, 5) is 12.5. The molecule has 1 unspecified atom stereocenters. The Bertz CT molecular complexity index is 964. The molecule has 6 nitrogen and oxygen atoms in total. The number of hydrogen-bond acceptors (Lipinski definition) is 4. The number of fused-ring (bicyclic) bond motifs is 1. The minimum Gasteiger partial charge on any atom is -0.493 e. The molecule has 6 heteroatoms. The number of nitrogens with one attached hydrogen (secondary N) is 1. The van der Waals surface area contributed by atoms with Crippen molar-refractivity contribution < 1.29 is 9.53 Å². The number of unbranched alkanes of at least 4 members (excludes halogenated alkanes) is 1. The molecule has 154 valence electrons. The predicted molar refractivity (Wildman–Crippen MR) is 114 cm³/mol. The van der Waals surface area contributed by atoms with E-state index in [-0.39, 0.29) is 17.9 Å². The van der Waals surface area contributed by atoms with E-state index in [4.69, 9.17) is 4.74 Å². The number of amides is 1. The molecule has 0 aliphatic carbocycles. The third kappa shape index (κ3) is 5.34. The van der Waals surface area contributed by atoms with Crippen LogP contribution in [0.15, 0.2) is 42.6 Å². The van der Waals surface area contributed by atoms with Gasteiger partial charge < -0.3 is 10.1 Å². The van der Waals surface area contributed by atoms with Crippen molar-refractivity contribution in [2.75, 3.05) is 6.61 Å². The number of pyridine rings is 1. The van der Waals surface area contributed by atoms with Gasteiger partial charge in [-0.2, -0.15) is 0 Å². The Morgan fingerprint density at radius 2 is 1.97 bits per heavy atom. The first-order valence-corrected chi connectivity index (χ1v) is 10.2. The molecule has 0 bridgehead atoms. The Labute approximate surface area is 172 Å². The minimum absolute atomic E-state index is 0.0307. The highest BCUT2D eigenvalue weighted by atomic mass is 16.5. The van der Waals surface area contributed by atoms with Crippen LogP contribution in [0.25, 0.3) is 5.65 Å². The lowest BCUT2D eigenvalue weighted by Crippen LogP contribution is -2.33. The van der Waals surface area contributed by atoms with Gasteiger partial charge in [-0.1, -0.05) is 32.0 Å². The van der Waals surface area contributed by atoms with Gasteiger partial charge in [0.2, 0.25) is 5.91 Å². The number of aryl methyl sites for hydroxylation is 2. The SMILES string of the molecule is Cc1ccc(C)c(OCCCCC(=O)NC(c2nnc3ccccn23)C(C)C)c1. The van der Waals surface area contributed by atoms with Crippen molar-refractivity contribution in [2.24, 2.45) is 5.92 Å². The van der Waals surface area contributed by atoms with E-state index in [2.05, 4.69) is 54.5 Å². The summed E-state index contributed by atoms with van der Waals surface area (Å²) in [6, 6.07) is 11.8. The van der Waals surface area contributed by atoms with Gasteiger partial charge in [0, 0.05) is 12.6 Å². The van der Waals surface area contributed by atoms with Crippen LogP contribution in [-0.2, 0) is 4.79 Å². The molecule has 0 spiro atoms. The topological polar surface area (TPSA) is 68.5 Å². The highest BCUT2D eigenvalue weighted by Gasteiger charge is 2.23. The first-order valence-electron chi connectivity index (χ1n) is 10.2. The lowest BCUT2D eigenvalue weighted by Gasteiger charge is -2.21. The van der Waals surface area contributed by atoms with E-state index in [1.54, 1.807) is 0 Å². The number of ether oxygens (including phenoxy) is 1. The Hall–Kier alpha value is -2.89. The zero-order valence-corrected chi connectivity index (χ0v) is 17.7. The number of aromatic nitrogens is 3. The summed E-state index contributed by atoms with van der Waals surface area (Å²) in [5, 5.41) is 11.6. The molecule has 1 amide bonds. The number of nitrogens with zero attached hydrogens (tertiary/aromatic N) is 3. The maximum atomic E-state index is 12.5. The molecule has 0 aliphatic heterocycles. The minimum atomic E-state index is -0.175. The van der Waals surface area contributed by atoms with Gasteiger partial charge in [0.1, 0.15) is 5.75 Å². The maximum Gasteiger partial charge on any atom is 0.220 e. The summed E-state index contributed by atoms with van der Waals surface area (Å²) in [6.07, 6.45) is 4.01. The molecule has 1 atom stereocenters. The summed E-state index contributed by atoms with van der Waals surface area (Å²) >= 11 is 0. The van der Waals surface area contributed by atoms with Crippen molar-refractivity contribution in [3.63, 3.8) is 0 Å². The number of carbonyl (C=O) groups is 1. The van der Waals surface area contributed by atoms with Gasteiger partial charge in [-0.3, -0.25) is 9.20 Å². The molecule has 2 aromatic heterocycles. The molecule has 0 radical (unpaired) electrons. The average molecular weight is 395 g/mol. The summed E-state index contributed by atoms with van der Waals surface area (Å²) in [6.45, 7) is 8.86. The number of benzene rings is 1. The van der Waals surface area contributed by atoms with Crippen molar-refractivity contribution in [3.05, 3.63) is 59.5 Å². The van der Waals surface area contributed by atoms with Gasteiger partial charge in [-0.25, -0.2) is 0 Å². The van der Waals surface area contributed by atoms with Crippen molar-refractivity contribution in [1.82, 2.24) is 19.9 Å². The van der Waals surface area contributed by atoms with Gasteiger partial charge in [0.15, 0.2) is 11.5 Å². The zero-order valence-electron chi connectivity index (χ0n) is 17.7. The monoisotopic (exact) mass is 394 g/mol. The van der Waals surface area contributed by atoms with Crippen LogP contribution in [0.5, 0.6) is 5.75 Å². The molecule has 0 fully saturated rings. The van der Waals surface area contributed by atoms with Crippen molar-refractivity contribution in [2.45, 2.75) is 53.0 Å². The molecule has 0 saturated heterocycles. The Morgan fingerprint density at radius 1 is 1.14 bits per heavy atom. The fourth-order valence-electron chi connectivity index (χ4n) is 3.28. The fourth-order valence-corrected chi connectivity index (χ4v) is 3.28. The summed E-state index contributed by atoms with van der Waals surface area (Å²) in [7, 11) is 0. The molecular weight excluding hydrogens is 364 g/mol. The molecule has 1 aromatic carbocycles. The predicted octanol–water partition coefficient (Wildman–Crippen LogP) is 4.41. The Balaban J connectivity index is 1.49. The third-order valence-corrected chi connectivity index (χ3v) is 5.00. The fraction of sp³-hybridized carbons (Fsp3) is 0.435. The van der Waals surface area contributed by atoms with E-state index in [0.29, 0.717) is 13.0 Å². The average Bonchev–Trinajstić information content (AvgIpc) is 3.12. The first kappa shape index (κ1) is 20.8. The van der Waals surface area contributed by atoms with E-state index in [9.17, 15) is 4.79 Å². The van der Waals surface area contributed by atoms with Crippen LogP contribution in [0.2, 0.25) is 0 Å². The quantitative estimate of drug-likeness (QED) is 0.546. The van der Waals surface area contributed by atoms with Gasteiger partial charge in [0.25, 0.3) is 0 Å². The van der Waals surface area contributed by atoms with Crippen LogP contribution in [0.4, 0.5) is 0 Å². The van der Waals surface area contributed by atoms with Gasteiger partial charge in [0.05, 0.1) is 12.6 Å². The zero-order chi connectivity index (χ0) is 20.8. The Morgan fingerprint density at radius 3 is 2.76 bits per heavy atom. The van der Waals surface area contributed by atoms with E-state index in [1.165, 1.54) is 5.56 Å². The Kier molecular flexibility index (Phi) is 6.86. The third-order valence-electron chi connectivity index (χ3n) is 5.00. The summed E-state index contributed by atoms with van der Waals surface area (Å²) in [5.74, 6) is 1.93. The lowest BCUT2D eigenvalue weighted by molar-refractivity contribution is -0.122. The molecule has 29 heavy (non-hydrogen) atoms. The van der Waals surface area contributed by atoms with Crippen LogP contribution in [-0.4, -0.2) is 27.1 Å². The summed E-state index contributed by atoms with van der Waals surface area (Å²) in [5.41, 5.74) is 3.10. The molecule has 0 saturated carbocycles. The molecule has 3 aromatic rings. The lowest BCUT2D eigenvalue weighted by atomic mass is 10.0. The molecule has 1 N–H and O–H groups in total. The van der Waals surface area contributed by atoms with Gasteiger partial charge in [-0.15, -0.1) is 10.2 Å². The second-order valence-corrected chi connectivity index (χ2v) is 7.85. The molecule has 0 aliphatic rings. The van der Waals surface area contributed by atoms with E-state index in [1.807, 2.05) is 35.7 Å². The highest BCUT2D eigenvalue weighted by Crippen LogP contribution is 2.22. The number of hydrogen-bond donors (Lipinski definition) is 1. The van der Waals surface area contributed by atoms with Gasteiger partial charge >= 0.3 is 0 Å². The van der Waals surface area contributed by atoms with E-state index >= 15 is 0 Å². The molecule has 3 rings (SSSR count). The van der Waals surface area contributed by atoms with Crippen LogP contribution in [0, 0.1) is 19.8 Å². The van der Waals surface area contributed by atoms with Crippen molar-refractivity contribution in [3.8, 4) is 5.75 Å². The van der Waals surface area contributed by atoms with E-state index < -0.39 is 0 Å². The smallest absolute Gasteiger partial charge is 0.220 e. The first-order chi connectivity index (χ1) is 14.0. The van der Waals surface area contributed by atoms with Crippen LogP contribution >= 0.6 is 0 Å². The molecular formula is C23H30N4O2. The summed E-state index contributed by atoms with van der Waals surface area (Å²) < 4.78 is 7.81. The number of carbonyl (C=O) groups excluding carboxylic acids is 1. The highest BCUT2D eigenvalue weighted by molar-refractivity contribution is 5.76. The number of rotatable bonds is 9. The standard InChI is InChI=1S/C23H30N4O2/c1-16(2)22(23-26-25-20-9-5-7-13-27(20)23)24-21(28)10-6-8-14-29-19-15-17(3)11-12-18(19)4/h5,7,9,11-13,15-16,22H,6,8,10,14H2,1-4H3,(H,24,28). The van der Waals surface area contributed by atoms with Crippen LogP contribution in [0.1, 0.15) is 56.1 Å².